The molecule has 1 aromatic carbocycles. The first-order chi connectivity index (χ1) is 14.1. The number of carbonyl (C=O) groups is 1. The van der Waals surface area contributed by atoms with E-state index in [9.17, 15) is 4.79 Å². The van der Waals surface area contributed by atoms with Gasteiger partial charge in [-0.1, -0.05) is 69.0 Å². The van der Waals surface area contributed by atoms with E-state index in [1.54, 1.807) is 0 Å². The van der Waals surface area contributed by atoms with Gasteiger partial charge in [0.2, 0.25) is 0 Å². The van der Waals surface area contributed by atoms with Crippen molar-refractivity contribution in [2.24, 2.45) is 0 Å². The first kappa shape index (κ1) is 24.6. The third-order valence-electron chi connectivity index (χ3n) is 5.02. The zero-order valence-corrected chi connectivity index (χ0v) is 18.9. The van der Waals surface area contributed by atoms with Gasteiger partial charge in [-0.15, -0.1) is 0 Å². The summed E-state index contributed by atoms with van der Waals surface area (Å²) in [5, 5.41) is 0. The first-order valence-electron chi connectivity index (χ1n) is 10.7. The molecule has 0 N–H and O–H groups in total. The molecule has 1 aromatic rings. The molecule has 158 valence electrons. The molecule has 0 aliphatic carbocycles. The number of allylic oxidation sites excluding steroid dienone is 4. The number of ketones is 1. The fraction of sp³-hybridized carbons (Fsp3) is 0.423. The second kappa shape index (κ2) is 13.7. The van der Waals surface area contributed by atoms with Crippen LogP contribution in [0.5, 0.6) is 0 Å². The summed E-state index contributed by atoms with van der Waals surface area (Å²) in [4.78, 5) is 16.6. The summed E-state index contributed by atoms with van der Waals surface area (Å²) in [6, 6.07) is 11.1. The average molecular weight is 395 g/mol. The molecule has 0 radical (unpaired) electrons. The van der Waals surface area contributed by atoms with Crippen LogP contribution < -0.4 is 0 Å². The van der Waals surface area contributed by atoms with Gasteiger partial charge in [0.15, 0.2) is 5.78 Å². The molecule has 3 heteroatoms. The molecule has 1 unspecified atom stereocenters. The molecule has 1 aliphatic heterocycles. The van der Waals surface area contributed by atoms with Crippen LogP contribution in [0.15, 0.2) is 78.6 Å². The van der Waals surface area contributed by atoms with E-state index in [0.29, 0.717) is 6.04 Å². The Morgan fingerprint density at radius 2 is 1.90 bits per heavy atom. The largest absolute Gasteiger partial charge is 0.363 e. The number of rotatable bonds is 9. The quantitative estimate of drug-likeness (QED) is 0.392. The van der Waals surface area contributed by atoms with E-state index in [1.165, 1.54) is 17.2 Å². The third-order valence-corrected chi connectivity index (χ3v) is 5.02. The van der Waals surface area contributed by atoms with Crippen LogP contribution in [0.4, 0.5) is 0 Å². The van der Waals surface area contributed by atoms with Crippen LogP contribution in [-0.4, -0.2) is 41.4 Å². The van der Waals surface area contributed by atoms with Gasteiger partial charge in [-0.25, -0.2) is 0 Å². The molecule has 1 heterocycles. The number of carbonyl (C=O) groups excluding carboxylic acids is 1. The van der Waals surface area contributed by atoms with Crippen LogP contribution in [0.3, 0.4) is 0 Å². The molecule has 1 atom stereocenters. The summed E-state index contributed by atoms with van der Waals surface area (Å²) in [6.45, 7) is 16.3. The van der Waals surface area contributed by atoms with E-state index in [4.69, 9.17) is 0 Å². The highest BCUT2D eigenvalue weighted by Crippen LogP contribution is 2.21. The summed E-state index contributed by atoms with van der Waals surface area (Å²) in [6.07, 6.45) is 12.0. The Hall–Kier alpha value is -2.39. The van der Waals surface area contributed by atoms with Gasteiger partial charge in [0, 0.05) is 30.9 Å². The van der Waals surface area contributed by atoms with Crippen LogP contribution >= 0.6 is 0 Å². The molecule has 0 amide bonds. The van der Waals surface area contributed by atoms with E-state index in [2.05, 4.69) is 78.8 Å². The van der Waals surface area contributed by atoms with Gasteiger partial charge in [-0.3, -0.25) is 9.69 Å². The number of hydrogen-bond acceptors (Lipinski definition) is 3. The van der Waals surface area contributed by atoms with Gasteiger partial charge >= 0.3 is 0 Å². The van der Waals surface area contributed by atoms with Crippen molar-refractivity contribution in [1.82, 2.24) is 9.80 Å². The predicted octanol–water partition coefficient (Wildman–Crippen LogP) is 5.77. The van der Waals surface area contributed by atoms with Crippen molar-refractivity contribution < 1.29 is 4.79 Å². The molecular formula is C26H38N2O. The van der Waals surface area contributed by atoms with Crippen molar-refractivity contribution in [2.75, 3.05) is 19.8 Å². The van der Waals surface area contributed by atoms with Gasteiger partial charge in [-0.2, -0.15) is 0 Å². The SMILES string of the molecule is C=CC(=O)/C(C)=C\N1CC(CCc2ccccc2)N(CC(/C=C\C)=C/C)C1.CC. The average Bonchev–Trinajstić information content (AvgIpc) is 3.14. The zero-order chi connectivity index (χ0) is 21.6. The minimum atomic E-state index is -0.00246. The molecule has 0 bridgehead atoms. The number of benzene rings is 1. The van der Waals surface area contributed by atoms with Crippen molar-refractivity contribution >= 4 is 5.78 Å². The molecule has 0 spiro atoms. The number of nitrogens with zero attached hydrogens (tertiary/aromatic N) is 2. The lowest BCUT2D eigenvalue weighted by Gasteiger charge is -2.23. The van der Waals surface area contributed by atoms with Crippen molar-refractivity contribution in [3.8, 4) is 0 Å². The molecule has 1 fully saturated rings. The Morgan fingerprint density at radius 1 is 1.21 bits per heavy atom. The van der Waals surface area contributed by atoms with Gasteiger partial charge in [0.25, 0.3) is 0 Å². The van der Waals surface area contributed by atoms with Gasteiger partial charge < -0.3 is 4.90 Å². The van der Waals surface area contributed by atoms with Crippen molar-refractivity contribution in [2.45, 2.75) is 53.5 Å². The van der Waals surface area contributed by atoms with Gasteiger partial charge in [0.05, 0.1) is 6.67 Å². The van der Waals surface area contributed by atoms with E-state index < -0.39 is 0 Å². The fourth-order valence-corrected chi connectivity index (χ4v) is 3.50. The van der Waals surface area contributed by atoms with E-state index in [0.717, 1.165) is 38.2 Å². The summed E-state index contributed by atoms with van der Waals surface area (Å²) < 4.78 is 0. The van der Waals surface area contributed by atoms with Crippen LogP contribution in [0.2, 0.25) is 0 Å². The highest BCUT2D eigenvalue weighted by molar-refractivity contribution is 6.02. The van der Waals surface area contributed by atoms with Crippen molar-refractivity contribution in [3.63, 3.8) is 0 Å². The first-order valence-corrected chi connectivity index (χ1v) is 10.7. The Kier molecular flexibility index (Phi) is 11.7. The Labute approximate surface area is 178 Å². The Balaban J connectivity index is 0.00000204. The van der Waals surface area contributed by atoms with E-state index >= 15 is 0 Å². The minimum Gasteiger partial charge on any atom is -0.363 e. The maximum Gasteiger partial charge on any atom is 0.182 e. The van der Waals surface area contributed by atoms with Crippen LogP contribution in [0.25, 0.3) is 0 Å². The predicted molar refractivity (Wildman–Crippen MR) is 126 cm³/mol. The van der Waals surface area contributed by atoms with Gasteiger partial charge in [0.1, 0.15) is 0 Å². The van der Waals surface area contributed by atoms with E-state index in [1.807, 2.05) is 27.0 Å². The van der Waals surface area contributed by atoms with Crippen molar-refractivity contribution in [3.05, 3.63) is 84.1 Å². The molecule has 1 aliphatic rings. The normalized spacial score (nSPS) is 18.0. The lowest BCUT2D eigenvalue weighted by atomic mass is 10.0. The van der Waals surface area contributed by atoms with Gasteiger partial charge in [-0.05, 0) is 50.8 Å². The summed E-state index contributed by atoms with van der Waals surface area (Å²) in [5.41, 5.74) is 3.45. The van der Waals surface area contributed by atoms with Crippen LogP contribution in [0, 0.1) is 0 Å². The Morgan fingerprint density at radius 3 is 2.48 bits per heavy atom. The molecule has 0 saturated carbocycles. The summed E-state index contributed by atoms with van der Waals surface area (Å²) in [7, 11) is 0. The van der Waals surface area contributed by atoms with Crippen LogP contribution in [0.1, 0.15) is 46.6 Å². The molecule has 0 aromatic heterocycles. The lowest BCUT2D eigenvalue weighted by Crippen LogP contribution is -2.33. The lowest BCUT2D eigenvalue weighted by molar-refractivity contribution is -0.111. The Bertz CT molecular complexity index is 715. The third kappa shape index (κ3) is 8.25. The minimum absolute atomic E-state index is 0.00246. The monoisotopic (exact) mass is 394 g/mol. The maximum absolute atomic E-state index is 11.8. The number of aryl methyl sites for hydroxylation is 1. The molecule has 1 saturated heterocycles. The highest BCUT2D eigenvalue weighted by atomic mass is 16.1. The summed E-state index contributed by atoms with van der Waals surface area (Å²) in [5.74, 6) is -0.00246. The highest BCUT2D eigenvalue weighted by Gasteiger charge is 2.29. The second-order valence-electron chi connectivity index (χ2n) is 7.08. The fourth-order valence-electron chi connectivity index (χ4n) is 3.50. The number of hydrogen-bond donors (Lipinski definition) is 0. The molecule has 3 nitrogen and oxygen atoms in total. The van der Waals surface area contributed by atoms with E-state index in [-0.39, 0.29) is 5.78 Å². The maximum atomic E-state index is 11.8. The smallest absolute Gasteiger partial charge is 0.182 e. The molecule has 29 heavy (non-hydrogen) atoms. The standard InChI is InChI=1S/C24H32N2O.C2H6/c1-5-11-21(6-2)17-26-19-25(16-20(4)24(27)7-3)18-23(26)15-14-22-12-9-8-10-13-22;1-2/h5-13,16,23H,3,14-15,17-19H2,1-2,4H3;1-2H3/b11-5-,20-16-,21-6+;. The van der Waals surface area contributed by atoms with Crippen LogP contribution in [-0.2, 0) is 11.2 Å². The molecular weight excluding hydrogens is 356 g/mol. The summed E-state index contributed by atoms with van der Waals surface area (Å²) >= 11 is 0. The molecule has 2 rings (SSSR count). The zero-order valence-electron chi connectivity index (χ0n) is 18.9. The topological polar surface area (TPSA) is 23.6 Å². The van der Waals surface area contributed by atoms with Crippen molar-refractivity contribution in [1.29, 1.82) is 0 Å². The second-order valence-corrected chi connectivity index (χ2v) is 7.08.